The second-order valence-electron chi connectivity index (χ2n) is 6.55. The van der Waals surface area contributed by atoms with Gasteiger partial charge in [0, 0.05) is 25.2 Å². The normalized spacial score (nSPS) is 21.9. The Morgan fingerprint density at radius 2 is 2.08 bits per heavy atom. The van der Waals surface area contributed by atoms with Gasteiger partial charge in [-0.05, 0) is 44.7 Å². The Kier molecular flexibility index (Phi) is 5.37. The highest BCUT2D eigenvalue weighted by atomic mass is 35.5. The number of amides is 1. The fraction of sp³-hybridized carbons (Fsp3) is 0.588. The third-order valence-electron chi connectivity index (χ3n) is 5.01. The molecule has 2 aliphatic heterocycles. The van der Waals surface area contributed by atoms with Gasteiger partial charge in [0.25, 0.3) is 0 Å². The van der Waals surface area contributed by atoms with Gasteiger partial charge in [0.15, 0.2) is 0 Å². The zero-order chi connectivity index (χ0) is 18.2. The molecular formula is C17H22ClFN2O3S. The van der Waals surface area contributed by atoms with Crippen LogP contribution in [0.25, 0.3) is 0 Å². The molecule has 1 saturated heterocycles. The van der Waals surface area contributed by atoms with Crippen LogP contribution in [0.4, 0.5) is 10.1 Å². The molecule has 0 aliphatic carbocycles. The Morgan fingerprint density at radius 3 is 2.80 bits per heavy atom. The van der Waals surface area contributed by atoms with Crippen molar-refractivity contribution >= 4 is 33.2 Å². The smallest absolute Gasteiger partial charge is 0.231 e. The number of anilines is 1. The van der Waals surface area contributed by atoms with Gasteiger partial charge in [0.1, 0.15) is 5.82 Å². The minimum atomic E-state index is -3.32. The fourth-order valence-electron chi connectivity index (χ4n) is 3.66. The molecule has 1 amide bonds. The van der Waals surface area contributed by atoms with E-state index >= 15 is 0 Å². The first-order valence-electron chi connectivity index (χ1n) is 8.61. The second kappa shape index (κ2) is 7.21. The Morgan fingerprint density at radius 1 is 1.32 bits per heavy atom. The molecule has 0 bridgehead atoms. The summed E-state index contributed by atoms with van der Waals surface area (Å²) in [6.45, 7) is 2.72. The van der Waals surface area contributed by atoms with E-state index in [0.717, 1.165) is 0 Å². The van der Waals surface area contributed by atoms with E-state index in [9.17, 15) is 17.6 Å². The van der Waals surface area contributed by atoms with Gasteiger partial charge < -0.3 is 4.90 Å². The van der Waals surface area contributed by atoms with Crippen molar-refractivity contribution in [2.24, 2.45) is 5.92 Å². The van der Waals surface area contributed by atoms with Crippen molar-refractivity contribution in [3.05, 3.63) is 28.5 Å². The summed E-state index contributed by atoms with van der Waals surface area (Å²) in [6.07, 6.45) is 2.49. The molecule has 1 fully saturated rings. The van der Waals surface area contributed by atoms with Crippen molar-refractivity contribution in [3.63, 3.8) is 0 Å². The van der Waals surface area contributed by atoms with Crippen LogP contribution in [-0.4, -0.2) is 44.0 Å². The van der Waals surface area contributed by atoms with Crippen molar-refractivity contribution in [2.75, 3.05) is 30.3 Å². The van der Waals surface area contributed by atoms with Crippen LogP contribution in [0.3, 0.4) is 0 Å². The number of halogens is 2. The van der Waals surface area contributed by atoms with E-state index in [-0.39, 0.29) is 24.0 Å². The number of piperidine rings is 1. The lowest BCUT2D eigenvalue weighted by molar-refractivity contribution is -0.123. The van der Waals surface area contributed by atoms with E-state index in [1.165, 1.54) is 16.4 Å². The van der Waals surface area contributed by atoms with E-state index in [1.807, 2.05) is 0 Å². The molecule has 1 atom stereocenters. The van der Waals surface area contributed by atoms with Crippen molar-refractivity contribution in [3.8, 4) is 0 Å². The van der Waals surface area contributed by atoms with Crippen molar-refractivity contribution < 1.29 is 17.6 Å². The molecule has 5 nitrogen and oxygen atoms in total. The maximum atomic E-state index is 14.1. The predicted octanol–water partition coefficient (Wildman–Crippen LogP) is 2.82. The van der Waals surface area contributed by atoms with Gasteiger partial charge >= 0.3 is 0 Å². The number of fused-ring (bicyclic) bond motifs is 1. The SMILES string of the molecule is CCS(=O)(=O)N1CCCC(C(=O)N2CCCc3c(F)ccc(Cl)c32)C1. The lowest BCUT2D eigenvalue weighted by Crippen LogP contribution is -2.48. The second-order valence-corrected chi connectivity index (χ2v) is 9.21. The third kappa shape index (κ3) is 3.55. The lowest BCUT2D eigenvalue weighted by Gasteiger charge is -2.36. The van der Waals surface area contributed by atoms with Crippen LogP contribution in [0, 0.1) is 11.7 Å². The number of rotatable bonds is 3. The average Bonchev–Trinajstić information content (AvgIpc) is 2.64. The van der Waals surface area contributed by atoms with Gasteiger partial charge in [-0.2, -0.15) is 0 Å². The van der Waals surface area contributed by atoms with Crippen LogP contribution in [0.5, 0.6) is 0 Å². The van der Waals surface area contributed by atoms with Crippen LogP contribution < -0.4 is 4.90 Å². The summed E-state index contributed by atoms with van der Waals surface area (Å²) >= 11 is 6.25. The van der Waals surface area contributed by atoms with Crippen LogP contribution in [-0.2, 0) is 21.2 Å². The Balaban J connectivity index is 1.87. The van der Waals surface area contributed by atoms with Crippen LogP contribution in [0.15, 0.2) is 12.1 Å². The van der Waals surface area contributed by atoms with E-state index in [0.29, 0.717) is 55.0 Å². The largest absolute Gasteiger partial charge is 0.310 e. The minimum absolute atomic E-state index is 0.0253. The van der Waals surface area contributed by atoms with Crippen molar-refractivity contribution in [1.29, 1.82) is 0 Å². The number of nitrogens with zero attached hydrogens (tertiary/aromatic N) is 2. The number of hydrogen-bond acceptors (Lipinski definition) is 3. The van der Waals surface area contributed by atoms with Crippen molar-refractivity contribution in [2.45, 2.75) is 32.6 Å². The highest BCUT2D eigenvalue weighted by Crippen LogP contribution is 2.37. The maximum absolute atomic E-state index is 14.1. The molecule has 3 rings (SSSR count). The van der Waals surface area contributed by atoms with Gasteiger partial charge in [-0.3, -0.25) is 4.79 Å². The van der Waals surface area contributed by atoms with Gasteiger partial charge in [-0.15, -0.1) is 0 Å². The number of benzene rings is 1. The molecule has 0 spiro atoms. The highest BCUT2D eigenvalue weighted by molar-refractivity contribution is 7.89. The maximum Gasteiger partial charge on any atom is 0.231 e. The van der Waals surface area contributed by atoms with Gasteiger partial charge in [0.05, 0.1) is 22.4 Å². The molecule has 1 unspecified atom stereocenters. The number of carbonyl (C=O) groups excluding carboxylic acids is 1. The van der Waals surface area contributed by atoms with Crippen LogP contribution in [0.2, 0.25) is 5.02 Å². The van der Waals surface area contributed by atoms with E-state index in [2.05, 4.69) is 0 Å². The first-order valence-corrected chi connectivity index (χ1v) is 10.6. The lowest BCUT2D eigenvalue weighted by atomic mass is 9.95. The monoisotopic (exact) mass is 388 g/mol. The summed E-state index contributed by atoms with van der Waals surface area (Å²) in [6, 6.07) is 2.79. The Bertz CT molecular complexity index is 784. The minimum Gasteiger partial charge on any atom is -0.310 e. The Hall–Kier alpha value is -1.18. The molecule has 2 aliphatic rings. The van der Waals surface area contributed by atoms with Crippen LogP contribution in [0.1, 0.15) is 31.7 Å². The molecule has 0 saturated carbocycles. The third-order valence-corrected chi connectivity index (χ3v) is 7.17. The molecule has 0 radical (unpaired) electrons. The van der Waals surface area contributed by atoms with Crippen LogP contribution >= 0.6 is 11.6 Å². The van der Waals surface area contributed by atoms with E-state index in [1.54, 1.807) is 11.8 Å². The van der Waals surface area contributed by atoms with Gasteiger partial charge in [-0.1, -0.05) is 11.6 Å². The fourth-order valence-corrected chi connectivity index (χ4v) is 5.12. The Labute approximate surface area is 152 Å². The number of hydrogen-bond donors (Lipinski definition) is 0. The van der Waals surface area contributed by atoms with Crippen molar-refractivity contribution in [1.82, 2.24) is 4.31 Å². The summed E-state index contributed by atoms with van der Waals surface area (Å²) in [4.78, 5) is 14.6. The standard InChI is InChI=1S/C17H22ClFN2O3S/c1-2-25(23,24)20-9-3-5-12(11-20)17(22)21-10-4-6-13-15(19)8-7-14(18)16(13)21/h7-8,12H,2-6,9-11H2,1H3. The summed E-state index contributed by atoms with van der Waals surface area (Å²) in [5.41, 5.74) is 0.925. The predicted molar refractivity (Wildman–Crippen MR) is 95.8 cm³/mol. The van der Waals surface area contributed by atoms with E-state index in [4.69, 9.17) is 11.6 Å². The quantitative estimate of drug-likeness (QED) is 0.800. The number of carbonyl (C=O) groups is 1. The molecule has 2 heterocycles. The zero-order valence-corrected chi connectivity index (χ0v) is 15.7. The molecular weight excluding hydrogens is 367 g/mol. The van der Waals surface area contributed by atoms with E-state index < -0.39 is 15.9 Å². The zero-order valence-electron chi connectivity index (χ0n) is 14.2. The first-order chi connectivity index (χ1) is 11.8. The molecule has 138 valence electrons. The number of sulfonamides is 1. The summed E-state index contributed by atoms with van der Waals surface area (Å²) in [5.74, 6) is -0.905. The molecule has 0 N–H and O–H groups in total. The summed E-state index contributed by atoms with van der Waals surface area (Å²) in [7, 11) is -3.32. The molecule has 1 aromatic carbocycles. The topological polar surface area (TPSA) is 57.7 Å². The summed E-state index contributed by atoms with van der Waals surface area (Å²) < 4.78 is 39.8. The van der Waals surface area contributed by atoms with Gasteiger partial charge in [-0.25, -0.2) is 17.1 Å². The molecule has 25 heavy (non-hydrogen) atoms. The first kappa shape index (κ1) is 18.6. The summed E-state index contributed by atoms with van der Waals surface area (Å²) in [5, 5.41) is 0.360. The molecule has 0 aromatic heterocycles. The molecule has 1 aromatic rings. The molecule has 8 heteroatoms. The average molecular weight is 389 g/mol. The van der Waals surface area contributed by atoms with Gasteiger partial charge in [0.2, 0.25) is 15.9 Å². The highest BCUT2D eigenvalue weighted by Gasteiger charge is 2.36.